The summed E-state index contributed by atoms with van der Waals surface area (Å²) in [4.78, 5) is 32.2. The zero-order valence-electron chi connectivity index (χ0n) is 17.3. The van der Waals surface area contributed by atoms with E-state index in [1.807, 2.05) is 47.8 Å². The third-order valence-electron chi connectivity index (χ3n) is 6.33. The summed E-state index contributed by atoms with van der Waals surface area (Å²) >= 11 is 0. The first-order valence-corrected chi connectivity index (χ1v) is 10.4. The van der Waals surface area contributed by atoms with Crippen molar-refractivity contribution in [2.45, 2.75) is 32.2 Å². The second-order valence-corrected chi connectivity index (χ2v) is 8.52. The maximum absolute atomic E-state index is 13.0. The molecule has 0 aliphatic carbocycles. The Hall–Kier alpha value is -3.22. The highest BCUT2D eigenvalue weighted by Gasteiger charge is 2.36. The number of likely N-dealkylation sites (tertiary alicyclic amines) is 1. The third kappa shape index (κ3) is 3.34. The lowest BCUT2D eigenvalue weighted by atomic mass is 9.82. The molecule has 0 N–H and O–H groups in total. The van der Waals surface area contributed by atoms with Crippen molar-refractivity contribution >= 4 is 5.91 Å². The monoisotopic (exact) mass is 403 g/mol. The van der Waals surface area contributed by atoms with Crippen molar-refractivity contribution in [3.05, 3.63) is 70.0 Å². The van der Waals surface area contributed by atoms with Gasteiger partial charge in [-0.15, -0.1) is 0 Å². The van der Waals surface area contributed by atoms with Crippen LogP contribution in [-0.4, -0.2) is 43.2 Å². The Kier molecular flexibility index (Phi) is 4.53. The van der Waals surface area contributed by atoms with Gasteiger partial charge in [0.05, 0.1) is 17.8 Å². The van der Waals surface area contributed by atoms with Gasteiger partial charge in [0.1, 0.15) is 0 Å². The summed E-state index contributed by atoms with van der Waals surface area (Å²) in [6.45, 7) is 3.97. The molecule has 154 valence electrons. The van der Waals surface area contributed by atoms with Gasteiger partial charge < -0.3 is 9.47 Å². The normalized spacial score (nSPS) is 20.1. The quantitative estimate of drug-likeness (QED) is 0.672. The number of aromatic nitrogens is 4. The van der Waals surface area contributed by atoms with Crippen LogP contribution in [0.1, 0.15) is 29.3 Å². The zero-order chi connectivity index (χ0) is 20.8. The van der Waals surface area contributed by atoms with Crippen LogP contribution >= 0.6 is 0 Å². The molecule has 30 heavy (non-hydrogen) atoms. The van der Waals surface area contributed by atoms with E-state index in [4.69, 9.17) is 0 Å². The van der Waals surface area contributed by atoms with Crippen molar-refractivity contribution < 1.29 is 4.79 Å². The number of carbonyl (C=O) groups excluding carboxylic acids is 1. The maximum atomic E-state index is 13.0. The standard InChI is InChI=1S/C23H25N5O2/c1-15-18(13-26(2)25-15)10-22(29)27-11-16-7-19(14-27)21-8-17(9-23(30)28(21)12-16)20-5-3-4-6-24-20/h3-6,8-9,13,16,19H,7,10-12,14H2,1-2H3/t16-,19+/m0/s1. The van der Waals surface area contributed by atoms with E-state index in [9.17, 15) is 9.59 Å². The highest BCUT2D eigenvalue weighted by molar-refractivity contribution is 5.79. The second-order valence-electron chi connectivity index (χ2n) is 8.52. The lowest BCUT2D eigenvalue weighted by molar-refractivity contribution is -0.133. The lowest BCUT2D eigenvalue weighted by Gasteiger charge is -2.43. The van der Waals surface area contributed by atoms with E-state index >= 15 is 0 Å². The van der Waals surface area contributed by atoms with Crippen LogP contribution in [-0.2, 0) is 24.8 Å². The van der Waals surface area contributed by atoms with E-state index in [2.05, 4.69) is 16.1 Å². The second kappa shape index (κ2) is 7.23. The molecule has 5 heterocycles. The largest absolute Gasteiger partial charge is 0.341 e. The smallest absolute Gasteiger partial charge is 0.251 e. The molecule has 0 unspecified atom stereocenters. The van der Waals surface area contributed by atoms with Crippen molar-refractivity contribution in [2.24, 2.45) is 13.0 Å². The average Bonchev–Trinajstić information content (AvgIpc) is 3.05. The van der Waals surface area contributed by atoms with Crippen LogP contribution in [0.5, 0.6) is 0 Å². The number of pyridine rings is 2. The molecule has 3 aromatic rings. The highest BCUT2D eigenvalue weighted by atomic mass is 16.2. The minimum Gasteiger partial charge on any atom is -0.341 e. The fraction of sp³-hybridized carbons (Fsp3) is 0.391. The highest BCUT2D eigenvalue weighted by Crippen LogP contribution is 2.36. The van der Waals surface area contributed by atoms with Gasteiger partial charge in [-0.05, 0) is 37.5 Å². The number of amides is 1. The molecule has 0 aromatic carbocycles. The van der Waals surface area contributed by atoms with E-state index < -0.39 is 0 Å². The van der Waals surface area contributed by atoms with Crippen LogP contribution in [0.15, 0.2) is 47.5 Å². The van der Waals surface area contributed by atoms with Gasteiger partial charge in [-0.25, -0.2) is 0 Å². The number of piperidine rings is 1. The van der Waals surface area contributed by atoms with Crippen molar-refractivity contribution in [1.29, 1.82) is 0 Å². The van der Waals surface area contributed by atoms with E-state index in [-0.39, 0.29) is 17.4 Å². The van der Waals surface area contributed by atoms with Gasteiger partial charge in [0.15, 0.2) is 0 Å². The van der Waals surface area contributed by atoms with Crippen molar-refractivity contribution in [2.75, 3.05) is 13.1 Å². The lowest BCUT2D eigenvalue weighted by Crippen LogP contribution is -2.49. The van der Waals surface area contributed by atoms with E-state index in [0.717, 1.165) is 34.6 Å². The van der Waals surface area contributed by atoms with E-state index in [0.29, 0.717) is 32.0 Å². The molecule has 0 radical (unpaired) electrons. The molecule has 1 saturated heterocycles. The van der Waals surface area contributed by atoms with Gasteiger partial charge in [0.25, 0.3) is 5.56 Å². The number of carbonyl (C=O) groups is 1. The van der Waals surface area contributed by atoms with Crippen LogP contribution in [0.25, 0.3) is 11.3 Å². The number of rotatable bonds is 3. The number of hydrogen-bond donors (Lipinski definition) is 0. The third-order valence-corrected chi connectivity index (χ3v) is 6.33. The summed E-state index contributed by atoms with van der Waals surface area (Å²) in [6, 6.07) is 9.49. The summed E-state index contributed by atoms with van der Waals surface area (Å²) in [7, 11) is 1.88. The fourth-order valence-corrected chi connectivity index (χ4v) is 4.94. The molecule has 1 fully saturated rings. The molecule has 7 heteroatoms. The molecule has 2 bridgehead atoms. The molecule has 2 atom stereocenters. The van der Waals surface area contributed by atoms with Crippen LogP contribution in [0, 0.1) is 12.8 Å². The van der Waals surface area contributed by atoms with Gasteiger partial charge in [-0.3, -0.25) is 19.3 Å². The Balaban J connectivity index is 1.42. The fourth-order valence-electron chi connectivity index (χ4n) is 4.94. The summed E-state index contributed by atoms with van der Waals surface area (Å²) in [5.41, 5.74) is 4.57. The first-order chi connectivity index (χ1) is 14.5. The van der Waals surface area contributed by atoms with Gasteiger partial charge in [-0.2, -0.15) is 5.10 Å². The number of fused-ring (bicyclic) bond motifs is 4. The average molecular weight is 403 g/mol. The molecular formula is C23H25N5O2. The molecule has 7 nitrogen and oxygen atoms in total. The van der Waals surface area contributed by atoms with E-state index in [1.165, 1.54) is 0 Å². The van der Waals surface area contributed by atoms with Crippen molar-refractivity contribution in [1.82, 2.24) is 24.2 Å². The minimum atomic E-state index is 0.0219. The summed E-state index contributed by atoms with van der Waals surface area (Å²) in [6.07, 6.45) is 5.05. The summed E-state index contributed by atoms with van der Waals surface area (Å²) < 4.78 is 3.66. The zero-order valence-corrected chi connectivity index (χ0v) is 17.3. The predicted molar refractivity (Wildman–Crippen MR) is 113 cm³/mol. The number of aryl methyl sites for hydroxylation is 2. The summed E-state index contributed by atoms with van der Waals surface area (Å²) in [5, 5.41) is 4.35. The Morgan fingerprint density at radius 3 is 2.80 bits per heavy atom. The molecule has 3 aromatic heterocycles. The molecule has 2 aliphatic rings. The van der Waals surface area contributed by atoms with Crippen molar-refractivity contribution in [3.8, 4) is 11.3 Å². The first-order valence-electron chi connectivity index (χ1n) is 10.4. The van der Waals surface area contributed by atoms with Crippen molar-refractivity contribution in [3.63, 3.8) is 0 Å². The van der Waals surface area contributed by atoms with Gasteiger partial charge >= 0.3 is 0 Å². The number of nitrogens with zero attached hydrogens (tertiary/aromatic N) is 5. The Morgan fingerprint density at radius 1 is 1.20 bits per heavy atom. The Morgan fingerprint density at radius 2 is 2.07 bits per heavy atom. The maximum Gasteiger partial charge on any atom is 0.251 e. The molecular weight excluding hydrogens is 378 g/mol. The van der Waals surface area contributed by atoms with Crippen LogP contribution in [0.2, 0.25) is 0 Å². The molecule has 1 amide bonds. The first kappa shape index (κ1) is 18.8. The Labute approximate surface area is 175 Å². The van der Waals surface area contributed by atoms with Crippen LogP contribution in [0.4, 0.5) is 0 Å². The van der Waals surface area contributed by atoms with E-state index in [1.54, 1.807) is 16.9 Å². The van der Waals surface area contributed by atoms with Gasteiger partial charge in [0.2, 0.25) is 5.91 Å². The SMILES string of the molecule is Cc1nn(C)cc1CC(=O)N1C[C@@H]2C[C@H](C1)c1cc(-c3ccccn3)cc(=O)n1C2. The molecule has 0 spiro atoms. The molecule has 5 rings (SSSR count). The van der Waals surface area contributed by atoms with Crippen LogP contribution < -0.4 is 5.56 Å². The minimum absolute atomic E-state index is 0.0219. The van der Waals surface area contributed by atoms with Crippen LogP contribution in [0.3, 0.4) is 0 Å². The number of hydrogen-bond acceptors (Lipinski definition) is 4. The summed E-state index contributed by atoms with van der Waals surface area (Å²) in [5.74, 6) is 0.624. The molecule has 2 aliphatic heterocycles. The topological polar surface area (TPSA) is 73.0 Å². The van der Waals surface area contributed by atoms with Gasteiger partial charge in [-0.1, -0.05) is 6.07 Å². The Bertz CT molecular complexity index is 1160. The van der Waals surface area contributed by atoms with Gasteiger partial charge in [0, 0.05) is 67.9 Å². The molecule has 0 saturated carbocycles. The predicted octanol–water partition coefficient (Wildman–Crippen LogP) is 2.14.